The molecule has 0 radical (unpaired) electrons. The molecule has 0 unspecified atom stereocenters. The molecule has 1 aliphatic heterocycles. The predicted molar refractivity (Wildman–Crippen MR) is 208 cm³/mol. The zero-order valence-corrected chi connectivity index (χ0v) is 31.5. The van der Waals surface area contributed by atoms with E-state index in [1.807, 2.05) is 0 Å². The molecule has 0 saturated carbocycles. The van der Waals surface area contributed by atoms with Crippen LogP contribution in [-0.2, 0) is 28.5 Å². The Kier molecular flexibility index (Phi) is 12.3. The normalized spacial score (nSPS) is 18.4. The molecule has 0 aliphatic carbocycles. The van der Waals surface area contributed by atoms with E-state index in [0.29, 0.717) is 0 Å². The van der Waals surface area contributed by atoms with Gasteiger partial charge in [-0.15, -0.1) is 0 Å². The number of hydrogen-bond donors (Lipinski definition) is 1. The van der Waals surface area contributed by atoms with E-state index < -0.39 is 84.3 Å². The van der Waals surface area contributed by atoms with Gasteiger partial charge in [0.15, 0.2) is 18.0 Å². The third-order valence-electron chi connectivity index (χ3n) is 9.05. The van der Waals surface area contributed by atoms with E-state index in [0.717, 1.165) is 6.92 Å². The minimum atomic E-state index is -1.73. The highest BCUT2D eigenvalue weighted by molar-refractivity contribution is 5.92. The number of carbonyl (C=O) groups excluding carboxylic acids is 5. The zero-order valence-electron chi connectivity index (χ0n) is 31.5. The van der Waals surface area contributed by atoms with E-state index in [9.17, 15) is 33.9 Å². The topological polar surface area (TPSA) is 200 Å². The van der Waals surface area contributed by atoms with Crippen molar-refractivity contribution in [3.05, 3.63) is 172 Å². The highest BCUT2D eigenvalue weighted by Gasteiger charge is 2.54. The van der Waals surface area contributed by atoms with Crippen molar-refractivity contribution >= 4 is 40.8 Å². The molecule has 15 nitrogen and oxygen atoms in total. The second-order valence-corrected chi connectivity index (χ2v) is 13.2. The second-order valence-electron chi connectivity index (χ2n) is 13.2. The van der Waals surface area contributed by atoms with Crippen LogP contribution in [0.15, 0.2) is 149 Å². The molecule has 1 fully saturated rings. The SMILES string of the molecule is CC(=O)Oc1c(O)c2ccc(O[C@H]3O[C@H](COC(=O)c4ccccc4)[C@@H](OC(=O)c4ccccc4)[C@H](OC(=O)c4ccccc4)[C@@H]3OC(=O)c3ccccc3)cc2oc1=O. The fraction of sp³-hybridized carbons (Fsp3) is 0.156. The Morgan fingerprint density at radius 3 is 1.57 bits per heavy atom. The molecule has 1 N–H and O–H groups in total. The van der Waals surface area contributed by atoms with Crippen molar-refractivity contribution in [3.8, 4) is 17.2 Å². The monoisotopic (exact) mass is 814 g/mol. The Morgan fingerprint density at radius 2 is 1.07 bits per heavy atom. The Hall–Kier alpha value is -7.78. The summed E-state index contributed by atoms with van der Waals surface area (Å²) >= 11 is 0. The first-order valence-electron chi connectivity index (χ1n) is 18.4. The number of esters is 5. The third-order valence-corrected chi connectivity index (χ3v) is 9.05. The lowest BCUT2D eigenvalue weighted by Gasteiger charge is -2.44. The van der Waals surface area contributed by atoms with Crippen LogP contribution in [0, 0.1) is 0 Å². The van der Waals surface area contributed by atoms with E-state index in [-0.39, 0.29) is 39.0 Å². The van der Waals surface area contributed by atoms with Crippen molar-refractivity contribution in [3.63, 3.8) is 0 Å². The lowest BCUT2D eigenvalue weighted by Crippen LogP contribution is -2.63. The Labute approximate surface area is 340 Å². The molecule has 1 aromatic heterocycles. The van der Waals surface area contributed by atoms with Gasteiger partial charge in [0.1, 0.15) is 24.0 Å². The molecule has 2 heterocycles. The molecule has 5 aromatic carbocycles. The van der Waals surface area contributed by atoms with Gasteiger partial charge in [0.25, 0.3) is 5.75 Å². The van der Waals surface area contributed by atoms with Gasteiger partial charge in [-0.2, -0.15) is 0 Å². The molecule has 0 spiro atoms. The van der Waals surface area contributed by atoms with Crippen molar-refractivity contribution < 1.29 is 66.7 Å². The average Bonchev–Trinajstić information content (AvgIpc) is 3.27. The number of hydrogen-bond acceptors (Lipinski definition) is 15. The molecular formula is C45H34O15. The molecular weight excluding hydrogens is 780 g/mol. The molecule has 0 amide bonds. The number of ether oxygens (including phenoxy) is 7. The highest BCUT2D eigenvalue weighted by Crippen LogP contribution is 2.36. The van der Waals surface area contributed by atoms with E-state index >= 15 is 0 Å². The summed E-state index contributed by atoms with van der Waals surface area (Å²) in [6.07, 6.45) is -8.22. The van der Waals surface area contributed by atoms with E-state index in [2.05, 4.69) is 0 Å². The fourth-order valence-corrected chi connectivity index (χ4v) is 6.21. The second kappa shape index (κ2) is 18.2. The molecule has 1 aliphatic rings. The number of rotatable bonds is 12. The lowest BCUT2D eigenvalue weighted by molar-refractivity contribution is -0.275. The molecule has 7 rings (SSSR count). The van der Waals surface area contributed by atoms with Gasteiger partial charge in [-0.25, -0.2) is 24.0 Å². The smallest absolute Gasteiger partial charge is 0.383 e. The number of benzene rings is 5. The summed E-state index contributed by atoms with van der Waals surface area (Å²) in [5.74, 6) is -5.83. The van der Waals surface area contributed by atoms with Gasteiger partial charge in [0, 0.05) is 13.0 Å². The summed E-state index contributed by atoms with van der Waals surface area (Å²) < 4.78 is 46.6. The molecule has 304 valence electrons. The van der Waals surface area contributed by atoms with Crippen LogP contribution in [0.1, 0.15) is 48.4 Å². The van der Waals surface area contributed by atoms with Crippen molar-refractivity contribution in [2.45, 2.75) is 37.6 Å². The van der Waals surface area contributed by atoms with Crippen LogP contribution >= 0.6 is 0 Å². The maximum absolute atomic E-state index is 13.9. The maximum atomic E-state index is 13.9. The van der Waals surface area contributed by atoms with Crippen molar-refractivity contribution in [2.75, 3.05) is 6.61 Å². The molecule has 0 bridgehead atoms. The van der Waals surface area contributed by atoms with Crippen molar-refractivity contribution in [2.24, 2.45) is 0 Å². The summed E-state index contributed by atoms with van der Waals surface area (Å²) in [5.41, 5.74) is -0.903. The number of carbonyl (C=O) groups is 5. The zero-order chi connectivity index (χ0) is 42.2. The van der Waals surface area contributed by atoms with Crippen LogP contribution in [0.25, 0.3) is 11.0 Å². The van der Waals surface area contributed by atoms with E-state index in [1.165, 1.54) is 66.7 Å². The first kappa shape index (κ1) is 40.4. The minimum absolute atomic E-state index is 0.0388. The first-order valence-corrected chi connectivity index (χ1v) is 18.4. The lowest BCUT2D eigenvalue weighted by atomic mass is 9.97. The molecule has 60 heavy (non-hydrogen) atoms. The molecule has 15 heteroatoms. The third kappa shape index (κ3) is 9.33. The van der Waals surface area contributed by atoms with E-state index in [1.54, 1.807) is 72.8 Å². The summed E-state index contributed by atoms with van der Waals surface area (Å²) in [6.45, 7) is 0.442. The van der Waals surface area contributed by atoms with Gasteiger partial charge >= 0.3 is 35.5 Å². The largest absolute Gasteiger partial charge is 0.504 e. The van der Waals surface area contributed by atoms with Crippen LogP contribution in [0.5, 0.6) is 17.2 Å². The standard InChI is InChI=1S/C45H34O15/c1-26(46)54-37-35(47)32-23-22-31(24-33(32)56-44(37)52)55-45-39(60-43(51)30-20-12-5-13-21-30)38(59-42(50)29-18-10-4-11-19-29)36(58-41(49)28-16-8-3-9-17-28)34(57-45)25-53-40(48)27-14-6-2-7-15-27/h2-24,34,36,38-39,45,47H,25H2,1H3/t34-,36-,38+,39+,45+/m1/s1. The fourth-order valence-electron chi connectivity index (χ4n) is 6.21. The highest BCUT2D eigenvalue weighted by atomic mass is 16.7. The van der Waals surface area contributed by atoms with Crippen LogP contribution in [0.3, 0.4) is 0 Å². The van der Waals surface area contributed by atoms with Crippen molar-refractivity contribution in [1.29, 1.82) is 0 Å². The van der Waals surface area contributed by atoms with Gasteiger partial charge in [0.05, 0.1) is 27.6 Å². The predicted octanol–water partition coefficient (Wildman–Crippen LogP) is 6.06. The average molecular weight is 815 g/mol. The molecule has 1 saturated heterocycles. The Morgan fingerprint density at radius 1 is 0.600 bits per heavy atom. The summed E-state index contributed by atoms with van der Waals surface area (Å²) in [4.78, 5) is 78.9. The van der Waals surface area contributed by atoms with Crippen molar-refractivity contribution in [1.82, 2.24) is 0 Å². The molecule has 5 atom stereocenters. The van der Waals surface area contributed by atoms with Gasteiger partial charge < -0.3 is 42.7 Å². The van der Waals surface area contributed by atoms with Gasteiger partial charge in [0.2, 0.25) is 12.4 Å². The quantitative estimate of drug-likeness (QED) is 0.0848. The van der Waals surface area contributed by atoms with Gasteiger partial charge in [-0.05, 0) is 60.7 Å². The Bertz CT molecular complexity index is 2560. The Balaban J connectivity index is 1.32. The van der Waals surface area contributed by atoms with Crippen LogP contribution in [-0.4, -0.2) is 72.3 Å². The van der Waals surface area contributed by atoms with Crippen LogP contribution in [0.2, 0.25) is 0 Å². The van der Waals surface area contributed by atoms with E-state index in [4.69, 9.17) is 37.6 Å². The first-order chi connectivity index (χ1) is 29.0. The summed E-state index contributed by atoms with van der Waals surface area (Å²) in [5, 5.41) is 10.7. The summed E-state index contributed by atoms with van der Waals surface area (Å²) in [7, 11) is 0. The van der Waals surface area contributed by atoms with Gasteiger partial charge in [-0.3, -0.25) is 4.79 Å². The molecule has 6 aromatic rings. The minimum Gasteiger partial charge on any atom is -0.504 e. The summed E-state index contributed by atoms with van der Waals surface area (Å²) in [6, 6.07) is 35.4. The van der Waals surface area contributed by atoms with Crippen LogP contribution < -0.4 is 15.1 Å². The number of fused-ring (bicyclic) bond motifs is 1. The maximum Gasteiger partial charge on any atom is 0.383 e. The van der Waals surface area contributed by atoms with Gasteiger partial charge in [-0.1, -0.05) is 72.8 Å². The number of aromatic hydroxyl groups is 1. The van der Waals surface area contributed by atoms with Crippen LogP contribution in [0.4, 0.5) is 0 Å².